The van der Waals surface area contributed by atoms with Crippen LogP contribution in [0.1, 0.15) is 21.5 Å². The van der Waals surface area contributed by atoms with Crippen molar-refractivity contribution in [2.45, 2.75) is 0 Å². The molecule has 3 aromatic rings. The number of H-pyrrole nitrogens is 1. The molecular formula is C20H14Br2N2O4. The number of nitrogens with one attached hydrogen (secondary N) is 1. The molecule has 142 valence electrons. The number of amides is 1. The molecule has 4 rings (SSSR count). The Morgan fingerprint density at radius 2 is 1.50 bits per heavy atom. The first kappa shape index (κ1) is 18.8. The van der Waals surface area contributed by atoms with Crippen molar-refractivity contribution in [2.24, 2.45) is 4.99 Å². The highest BCUT2D eigenvalue weighted by Gasteiger charge is 2.35. The van der Waals surface area contributed by atoms with Crippen LogP contribution in [0.4, 0.5) is 0 Å². The molecule has 2 heterocycles. The van der Waals surface area contributed by atoms with Crippen LogP contribution in [-0.4, -0.2) is 35.9 Å². The molecule has 1 aromatic heterocycles. The van der Waals surface area contributed by atoms with E-state index in [0.717, 1.165) is 8.95 Å². The van der Waals surface area contributed by atoms with Gasteiger partial charge in [-0.15, -0.1) is 0 Å². The van der Waals surface area contributed by atoms with Crippen molar-refractivity contribution < 1.29 is 19.4 Å². The quantitative estimate of drug-likeness (QED) is 0.527. The second-order valence-electron chi connectivity index (χ2n) is 6.05. The van der Waals surface area contributed by atoms with Gasteiger partial charge < -0.3 is 19.6 Å². The minimum absolute atomic E-state index is 0.135. The largest absolute Gasteiger partial charge is 0.496 e. The van der Waals surface area contributed by atoms with Gasteiger partial charge in [-0.05, 0) is 36.4 Å². The molecule has 0 aliphatic carbocycles. The molecule has 2 aromatic carbocycles. The second-order valence-corrected chi connectivity index (χ2v) is 7.88. The Kier molecular flexibility index (Phi) is 4.76. The molecule has 1 aliphatic heterocycles. The molecule has 0 spiro atoms. The van der Waals surface area contributed by atoms with E-state index < -0.39 is 5.91 Å². The number of carbonyl (C=O) groups is 1. The Balaban J connectivity index is 1.92. The van der Waals surface area contributed by atoms with Crippen molar-refractivity contribution in [2.75, 3.05) is 14.2 Å². The summed E-state index contributed by atoms with van der Waals surface area (Å²) < 4.78 is 12.5. The first-order chi connectivity index (χ1) is 13.4. The summed E-state index contributed by atoms with van der Waals surface area (Å²) in [5.74, 6) is 0.522. The van der Waals surface area contributed by atoms with Gasteiger partial charge in [0.1, 0.15) is 11.5 Å². The first-order valence-corrected chi connectivity index (χ1v) is 9.79. The monoisotopic (exact) mass is 504 g/mol. The number of halogens is 2. The molecule has 1 amide bonds. The lowest BCUT2D eigenvalue weighted by molar-refractivity contribution is 0.101. The number of nitrogens with zero attached hydrogens (tertiary/aromatic N) is 1. The molecule has 0 radical (unpaired) electrons. The van der Waals surface area contributed by atoms with Crippen LogP contribution in [0.15, 0.2) is 50.3 Å². The summed E-state index contributed by atoms with van der Waals surface area (Å²) in [5.41, 5.74) is 2.73. The van der Waals surface area contributed by atoms with E-state index in [1.54, 1.807) is 38.5 Å². The molecule has 2 N–H and O–H groups in total. The summed E-state index contributed by atoms with van der Waals surface area (Å²) in [6.45, 7) is 0. The second kappa shape index (κ2) is 7.10. The Hall–Kier alpha value is -2.58. The minimum Gasteiger partial charge on any atom is -0.496 e. The molecule has 0 saturated carbocycles. The van der Waals surface area contributed by atoms with Crippen LogP contribution in [0.2, 0.25) is 0 Å². The maximum Gasteiger partial charge on any atom is 0.280 e. The number of aromatic amines is 1. The van der Waals surface area contributed by atoms with Gasteiger partial charge in [0.05, 0.1) is 36.8 Å². The lowest BCUT2D eigenvalue weighted by Gasteiger charge is -2.09. The Labute approximate surface area is 177 Å². The lowest BCUT2D eigenvalue weighted by Crippen LogP contribution is -2.03. The standard InChI is InChI=1S/C20H14Br2N2O4/c1-27-13-7-9(21)3-5-11(13)17-15-16(20(26)23-17)18(24-19(15)25)12-6-4-10(22)8-14(12)28-2/h3-8,23,26H,1-2H3. The van der Waals surface area contributed by atoms with Crippen LogP contribution < -0.4 is 9.47 Å². The van der Waals surface area contributed by atoms with Crippen LogP contribution in [0.3, 0.4) is 0 Å². The van der Waals surface area contributed by atoms with Gasteiger partial charge in [0.15, 0.2) is 5.88 Å². The lowest BCUT2D eigenvalue weighted by atomic mass is 9.99. The van der Waals surface area contributed by atoms with Gasteiger partial charge in [-0.3, -0.25) is 4.79 Å². The van der Waals surface area contributed by atoms with Crippen molar-refractivity contribution in [3.05, 3.63) is 62.0 Å². The summed E-state index contributed by atoms with van der Waals surface area (Å²) in [4.78, 5) is 19.9. The maximum absolute atomic E-state index is 12.8. The number of rotatable bonds is 4. The van der Waals surface area contributed by atoms with E-state index in [1.807, 2.05) is 12.1 Å². The van der Waals surface area contributed by atoms with Crippen LogP contribution in [0.5, 0.6) is 17.4 Å². The molecule has 8 heteroatoms. The highest BCUT2D eigenvalue weighted by Crippen LogP contribution is 2.42. The minimum atomic E-state index is -0.438. The van der Waals surface area contributed by atoms with Crippen molar-refractivity contribution in [3.63, 3.8) is 0 Å². The molecule has 0 fully saturated rings. The molecule has 0 saturated heterocycles. The molecule has 0 bridgehead atoms. The van der Waals surface area contributed by atoms with E-state index in [-0.39, 0.29) is 5.88 Å². The van der Waals surface area contributed by atoms with E-state index in [9.17, 15) is 9.90 Å². The van der Waals surface area contributed by atoms with Gasteiger partial charge in [0, 0.05) is 20.1 Å². The number of carbonyl (C=O) groups excluding carboxylic acids is 1. The number of aliphatic imine (C=N–C) groups is 1. The average Bonchev–Trinajstić information content (AvgIpc) is 3.20. The number of aromatic hydroxyl groups is 1. The fraction of sp³-hybridized carbons (Fsp3) is 0.100. The van der Waals surface area contributed by atoms with E-state index in [0.29, 0.717) is 45.2 Å². The van der Waals surface area contributed by atoms with Crippen molar-refractivity contribution in [1.82, 2.24) is 4.98 Å². The normalized spacial score (nSPS) is 12.7. The topological polar surface area (TPSA) is 83.9 Å². The number of hydrogen-bond acceptors (Lipinski definition) is 4. The highest BCUT2D eigenvalue weighted by atomic mass is 79.9. The molecular weight excluding hydrogens is 492 g/mol. The molecule has 0 unspecified atom stereocenters. The van der Waals surface area contributed by atoms with E-state index in [1.165, 1.54) is 0 Å². The fourth-order valence-corrected chi connectivity index (χ4v) is 3.95. The Bertz CT molecular complexity index is 1150. The third kappa shape index (κ3) is 2.93. The van der Waals surface area contributed by atoms with Gasteiger partial charge in [-0.2, -0.15) is 0 Å². The number of aromatic nitrogens is 1. The van der Waals surface area contributed by atoms with E-state index >= 15 is 0 Å². The maximum atomic E-state index is 12.8. The van der Waals surface area contributed by atoms with Crippen molar-refractivity contribution in [3.8, 4) is 28.6 Å². The van der Waals surface area contributed by atoms with E-state index in [4.69, 9.17) is 9.47 Å². The average molecular weight is 506 g/mol. The summed E-state index contributed by atoms with van der Waals surface area (Å²) >= 11 is 6.80. The number of benzene rings is 2. The molecule has 28 heavy (non-hydrogen) atoms. The number of ether oxygens (including phenoxy) is 2. The Morgan fingerprint density at radius 1 is 0.929 bits per heavy atom. The van der Waals surface area contributed by atoms with Crippen LogP contribution >= 0.6 is 31.9 Å². The van der Waals surface area contributed by atoms with Crippen molar-refractivity contribution in [1.29, 1.82) is 0 Å². The fourth-order valence-electron chi connectivity index (χ4n) is 3.27. The van der Waals surface area contributed by atoms with E-state index in [2.05, 4.69) is 41.8 Å². The third-order valence-corrected chi connectivity index (χ3v) is 5.48. The summed E-state index contributed by atoms with van der Waals surface area (Å²) in [6.07, 6.45) is 0. The van der Waals surface area contributed by atoms with Gasteiger partial charge in [0.25, 0.3) is 5.91 Å². The summed E-state index contributed by atoms with van der Waals surface area (Å²) in [6, 6.07) is 10.8. The first-order valence-electron chi connectivity index (χ1n) is 8.20. The highest BCUT2D eigenvalue weighted by molar-refractivity contribution is 9.10. The van der Waals surface area contributed by atoms with Crippen LogP contribution in [-0.2, 0) is 0 Å². The van der Waals surface area contributed by atoms with Gasteiger partial charge >= 0.3 is 0 Å². The zero-order valence-electron chi connectivity index (χ0n) is 14.8. The smallest absolute Gasteiger partial charge is 0.280 e. The SMILES string of the molecule is COc1cc(Br)ccc1C1=NC(=O)c2c(-c3ccc(Br)cc3OC)[nH]c(O)c21. The number of hydrogen-bond donors (Lipinski definition) is 2. The Morgan fingerprint density at radius 3 is 2.11 bits per heavy atom. The summed E-state index contributed by atoms with van der Waals surface area (Å²) in [7, 11) is 3.09. The predicted octanol–water partition coefficient (Wildman–Crippen LogP) is 4.92. The predicted molar refractivity (Wildman–Crippen MR) is 113 cm³/mol. The number of fused-ring (bicyclic) bond motifs is 1. The number of methoxy groups -OCH3 is 2. The van der Waals surface area contributed by atoms with Gasteiger partial charge in [0.2, 0.25) is 0 Å². The molecule has 0 atom stereocenters. The zero-order valence-corrected chi connectivity index (χ0v) is 18.0. The van der Waals surface area contributed by atoms with Gasteiger partial charge in [-0.25, -0.2) is 4.99 Å². The van der Waals surface area contributed by atoms with Gasteiger partial charge in [-0.1, -0.05) is 31.9 Å². The zero-order chi connectivity index (χ0) is 20.0. The van der Waals surface area contributed by atoms with Crippen molar-refractivity contribution >= 4 is 43.5 Å². The van der Waals surface area contributed by atoms with Crippen LogP contribution in [0, 0.1) is 0 Å². The third-order valence-electron chi connectivity index (χ3n) is 4.50. The summed E-state index contributed by atoms with van der Waals surface area (Å²) in [5, 5.41) is 10.6. The molecule has 1 aliphatic rings. The van der Waals surface area contributed by atoms with Crippen LogP contribution in [0.25, 0.3) is 11.3 Å². The molecule has 6 nitrogen and oxygen atoms in total.